The van der Waals surface area contributed by atoms with E-state index in [2.05, 4.69) is 29.2 Å². The highest BCUT2D eigenvalue weighted by atomic mass is 16.3. The lowest BCUT2D eigenvalue weighted by Gasteiger charge is -2.34. The second-order valence-electron chi connectivity index (χ2n) is 8.54. The molecule has 1 aliphatic carbocycles. The Balaban J connectivity index is 2.09. The second kappa shape index (κ2) is 7.21. The Morgan fingerprint density at radius 3 is 2.62 bits per heavy atom. The molecule has 0 spiro atoms. The molecule has 1 heterocycles. The molecule has 1 amide bonds. The summed E-state index contributed by atoms with van der Waals surface area (Å²) in [6.45, 7) is 12.2. The molecule has 1 fully saturated rings. The number of aliphatic hydroxyl groups is 1. The van der Waals surface area contributed by atoms with Gasteiger partial charge in [0.25, 0.3) is 0 Å². The summed E-state index contributed by atoms with van der Waals surface area (Å²) in [5.74, 6) is 1.98. The van der Waals surface area contributed by atoms with Crippen molar-refractivity contribution in [1.29, 1.82) is 0 Å². The van der Waals surface area contributed by atoms with E-state index in [0.717, 1.165) is 18.1 Å². The fourth-order valence-electron chi connectivity index (χ4n) is 3.39. The molecule has 0 aromatic carbocycles. The Hall–Kier alpha value is -1.43. The van der Waals surface area contributed by atoms with Crippen molar-refractivity contribution in [3.8, 4) is 0 Å². The minimum atomic E-state index is -0.485. The van der Waals surface area contributed by atoms with Gasteiger partial charge in [0, 0.05) is 18.4 Å². The quantitative estimate of drug-likeness (QED) is 0.886. The number of hydrogen-bond donors (Lipinski definition) is 2. The third kappa shape index (κ3) is 4.79. The van der Waals surface area contributed by atoms with E-state index in [-0.39, 0.29) is 29.3 Å². The van der Waals surface area contributed by atoms with Gasteiger partial charge in [0.1, 0.15) is 11.6 Å². The molecule has 1 aromatic heterocycles. The van der Waals surface area contributed by atoms with Gasteiger partial charge in [0.05, 0.1) is 12.1 Å². The van der Waals surface area contributed by atoms with Gasteiger partial charge in [-0.15, -0.1) is 0 Å². The minimum absolute atomic E-state index is 0.00806. The van der Waals surface area contributed by atoms with E-state index in [1.54, 1.807) is 0 Å². The largest absolute Gasteiger partial charge is 0.391 e. The Bertz CT molecular complexity index is 574. The average molecular weight is 336 g/mol. The zero-order valence-corrected chi connectivity index (χ0v) is 15.8. The maximum absolute atomic E-state index is 12.2. The highest BCUT2D eigenvalue weighted by molar-refractivity contribution is 5.77. The molecule has 3 atom stereocenters. The van der Waals surface area contributed by atoms with Crippen LogP contribution in [0.1, 0.15) is 83.9 Å². The van der Waals surface area contributed by atoms with Crippen molar-refractivity contribution >= 4 is 5.91 Å². The summed E-state index contributed by atoms with van der Waals surface area (Å²) in [6.07, 6.45) is 2.23. The van der Waals surface area contributed by atoms with E-state index in [4.69, 9.17) is 0 Å². The first-order chi connectivity index (χ1) is 11.1. The predicted octanol–water partition coefficient (Wildman–Crippen LogP) is 2.72. The molecule has 1 saturated carbocycles. The van der Waals surface area contributed by atoms with Crippen LogP contribution in [-0.4, -0.2) is 37.9 Å². The maximum atomic E-state index is 12.2. The molecule has 6 nitrogen and oxygen atoms in total. The van der Waals surface area contributed by atoms with Crippen LogP contribution in [0.5, 0.6) is 0 Å². The standard InChI is InChI=1S/C18H32N4O2/c1-11(2)22-17(19-12(3)21-22)13-7-8-15(23)14(9-13)20-16(24)10-18(4,5)6/h11,13-15,23H,7-10H2,1-6H3,(H,20,24)/t13-,14+,15+/m0/s1. The average Bonchev–Trinajstić information content (AvgIpc) is 2.81. The third-order valence-electron chi connectivity index (χ3n) is 4.47. The van der Waals surface area contributed by atoms with Gasteiger partial charge in [-0.1, -0.05) is 20.8 Å². The number of amides is 1. The molecule has 1 aromatic rings. The van der Waals surface area contributed by atoms with E-state index < -0.39 is 6.10 Å². The number of carbonyl (C=O) groups is 1. The van der Waals surface area contributed by atoms with Crippen LogP contribution >= 0.6 is 0 Å². The van der Waals surface area contributed by atoms with Crippen molar-refractivity contribution in [3.63, 3.8) is 0 Å². The second-order valence-corrected chi connectivity index (χ2v) is 8.54. The highest BCUT2D eigenvalue weighted by Crippen LogP contribution is 2.33. The number of aryl methyl sites for hydroxylation is 1. The van der Waals surface area contributed by atoms with E-state index in [9.17, 15) is 9.90 Å². The van der Waals surface area contributed by atoms with Crippen LogP contribution in [0.2, 0.25) is 0 Å². The van der Waals surface area contributed by atoms with Crippen molar-refractivity contribution in [1.82, 2.24) is 20.1 Å². The molecule has 2 rings (SSSR count). The Morgan fingerprint density at radius 2 is 2.04 bits per heavy atom. The van der Waals surface area contributed by atoms with Crippen molar-refractivity contribution in [3.05, 3.63) is 11.6 Å². The summed E-state index contributed by atoms with van der Waals surface area (Å²) in [4.78, 5) is 16.9. The van der Waals surface area contributed by atoms with Crippen LogP contribution in [0.25, 0.3) is 0 Å². The summed E-state index contributed by atoms with van der Waals surface area (Å²) in [6, 6.07) is 0.0400. The van der Waals surface area contributed by atoms with Gasteiger partial charge in [0.2, 0.25) is 5.91 Å². The molecule has 24 heavy (non-hydrogen) atoms. The summed E-state index contributed by atoms with van der Waals surface area (Å²) in [7, 11) is 0. The molecular weight excluding hydrogens is 304 g/mol. The molecule has 0 radical (unpaired) electrons. The lowest BCUT2D eigenvalue weighted by Crippen LogP contribution is -2.47. The molecule has 0 aliphatic heterocycles. The summed E-state index contributed by atoms with van der Waals surface area (Å²) in [5, 5.41) is 17.8. The van der Waals surface area contributed by atoms with Gasteiger partial charge in [0.15, 0.2) is 0 Å². The minimum Gasteiger partial charge on any atom is -0.391 e. The van der Waals surface area contributed by atoms with E-state index >= 15 is 0 Å². The Labute approximate surface area is 145 Å². The monoisotopic (exact) mass is 336 g/mol. The number of nitrogens with one attached hydrogen (secondary N) is 1. The topological polar surface area (TPSA) is 80.0 Å². The number of nitrogens with zero attached hydrogens (tertiary/aromatic N) is 3. The lowest BCUT2D eigenvalue weighted by atomic mass is 9.82. The van der Waals surface area contributed by atoms with Crippen molar-refractivity contribution < 1.29 is 9.90 Å². The molecule has 0 bridgehead atoms. The Morgan fingerprint density at radius 1 is 1.38 bits per heavy atom. The fourth-order valence-corrected chi connectivity index (χ4v) is 3.39. The molecule has 2 N–H and O–H groups in total. The van der Waals surface area contributed by atoms with Crippen molar-refractivity contribution in [2.45, 2.75) is 91.3 Å². The zero-order valence-electron chi connectivity index (χ0n) is 15.8. The number of aliphatic hydroxyl groups excluding tert-OH is 1. The number of rotatable bonds is 4. The molecule has 1 aliphatic rings. The molecule has 6 heteroatoms. The summed E-state index contributed by atoms with van der Waals surface area (Å²) < 4.78 is 1.98. The number of carbonyl (C=O) groups excluding carboxylic acids is 1. The maximum Gasteiger partial charge on any atom is 0.220 e. The van der Waals surface area contributed by atoms with Crippen LogP contribution < -0.4 is 5.32 Å². The van der Waals surface area contributed by atoms with Crippen LogP contribution in [-0.2, 0) is 4.79 Å². The Kier molecular flexibility index (Phi) is 5.68. The zero-order chi connectivity index (χ0) is 18.1. The van der Waals surface area contributed by atoms with E-state index in [1.807, 2.05) is 32.4 Å². The SMILES string of the molecule is Cc1nc([C@H]2CC[C@@H](O)[C@H](NC(=O)CC(C)(C)C)C2)n(C(C)C)n1. The van der Waals surface area contributed by atoms with Crippen LogP contribution in [0.4, 0.5) is 0 Å². The molecule has 0 unspecified atom stereocenters. The van der Waals surface area contributed by atoms with Crippen molar-refractivity contribution in [2.75, 3.05) is 0 Å². The van der Waals surface area contributed by atoms with Gasteiger partial charge < -0.3 is 10.4 Å². The first-order valence-electron chi connectivity index (χ1n) is 8.97. The van der Waals surface area contributed by atoms with Gasteiger partial charge in [-0.25, -0.2) is 9.67 Å². The molecule has 136 valence electrons. The van der Waals surface area contributed by atoms with Gasteiger partial charge in [-0.2, -0.15) is 5.10 Å². The number of aromatic nitrogens is 3. The summed E-state index contributed by atoms with van der Waals surface area (Å²) >= 11 is 0. The first kappa shape index (κ1) is 18.9. The third-order valence-corrected chi connectivity index (χ3v) is 4.47. The van der Waals surface area contributed by atoms with Crippen LogP contribution in [0, 0.1) is 12.3 Å². The summed E-state index contributed by atoms with van der Waals surface area (Å²) in [5.41, 5.74) is -0.0575. The van der Waals surface area contributed by atoms with Gasteiger partial charge in [-0.05, 0) is 45.4 Å². The highest BCUT2D eigenvalue weighted by Gasteiger charge is 2.34. The van der Waals surface area contributed by atoms with Gasteiger partial charge >= 0.3 is 0 Å². The normalized spacial score (nSPS) is 25.1. The fraction of sp³-hybridized carbons (Fsp3) is 0.833. The van der Waals surface area contributed by atoms with E-state index in [0.29, 0.717) is 19.3 Å². The van der Waals surface area contributed by atoms with Crippen molar-refractivity contribution in [2.24, 2.45) is 5.41 Å². The van der Waals surface area contributed by atoms with Crippen LogP contribution in [0.3, 0.4) is 0 Å². The molecular formula is C18H32N4O2. The lowest BCUT2D eigenvalue weighted by molar-refractivity contribution is -0.124. The van der Waals surface area contributed by atoms with Gasteiger partial charge in [-0.3, -0.25) is 4.79 Å². The smallest absolute Gasteiger partial charge is 0.220 e. The predicted molar refractivity (Wildman–Crippen MR) is 93.7 cm³/mol. The van der Waals surface area contributed by atoms with E-state index in [1.165, 1.54) is 0 Å². The first-order valence-corrected chi connectivity index (χ1v) is 8.97. The van der Waals surface area contributed by atoms with Crippen LogP contribution in [0.15, 0.2) is 0 Å². The molecule has 0 saturated heterocycles. The number of hydrogen-bond acceptors (Lipinski definition) is 4.